The lowest BCUT2D eigenvalue weighted by Gasteiger charge is -1.98. The quantitative estimate of drug-likeness (QED) is 0.699. The Kier molecular flexibility index (Phi) is 2.10. The summed E-state index contributed by atoms with van der Waals surface area (Å²) in [6.07, 6.45) is 3.40. The second-order valence-electron chi connectivity index (χ2n) is 2.20. The normalized spacial score (nSPS) is 10.5. The molecule has 2 heterocycles. The summed E-state index contributed by atoms with van der Waals surface area (Å²) in [5.41, 5.74) is 0. The lowest BCUT2D eigenvalue weighted by Crippen LogP contribution is -1.89. The molecule has 0 saturated heterocycles. The first-order valence-corrected chi connectivity index (χ1v) is 4.66. The zero-order chi connectivity index (χ0) is 8.55. The SMILES string of the molecule is Clc1nnc(I)c2ccncc12. The predicted octanol–water partition coefficient (Wildman–Crippen LogP) is 2.28. The Hall–Kier alpha value is -0.490. The fraction of sp³-hybridized carbons (Fsp3) is 0. The van der Waals surface area contributed by atoms with Crippen LogP contribution >= 0.6 is 34.2 Å². The zero-order valence-corrected chi connectivity index (χ0v) is 8.74. The van der Waals surface area contributed by atoms with Crippen molar-refractivity contribution in [3.63, 3.8) is 0 Å². The third-order valence-electron chi connectivity index (χ3n) is 1.49. The molecule has 0 atom stereocenters. The Morgan fingerprint density at radius 2 is 2.08 bits per heavy atom. The van der Waals surface area contributed by atoms with Crippen molar-refractivity contribution in [3.05, 3.63) is 27.3 Å². The third kappa shape index (κ3) is 1.25. The average Bonchev–Trinajstić information content (AvgIpc) is 2.12. The van der Waals surface area contributed by atoms with Crippen molar-refractivity contribution >= 4 is 45.0 Å². The fourth-order valence-corrected chi connectivity index (χ4v) is 1.70. The molecule has 0 N–H and O–H groups in total. The minimum atomic E-state index is 0.401. The molecule has 0 spiro atoms. The monoisotopic (exact) mass is 291 g/mol. The first kappa shape index (κ1) is 8.12. The highest BCUT2D eigenvalue weighted by Crippen LogP contribution is 2.22. The van der Waals surface area contributed by atoms with E-state index in [1.165, 1.54) is 0 Å². The highest BCUT2D eigenvalue weighted by molar-refractivity contribution is 14.1. The highest BCUT2D eigenvalue weighted by atomic mass is 127. The van der Waals surface area contributed by atoms with Crippen molar-refractivity contribution < 1.29 is 0 Å². The number of rotatable bonds is 0. The van der Waals surface area contributed by atoms with Gasteiger partial charge in [-0.25, -0.2) is 0 Å². The van der Waals surface area contributed by atoms with E-state index < -0.39 is 0 Å². The number of halogens is 2. The van der Waals surface area contributed by atoms with Crippen LogP contribution in [-0.4, -0.2) is 15.2 Å². The minimum Gasteiger partial charge on any atom is -0.264 e. The van der Waals surface area contributed by atoms with Crippen molar-refractivity contribution in [2.45, 2.75) is 0 Å². The summed E-state index contributed by atoms with van der Waals surface area (Å²) in [7, 11) is 0. The van der Waals surface area contributed by atoms with Gasteiger partial charge in [0.25, 0.3) is 0 Å². The molecule has 0 amide bonds. The van der Waals surface area contributed by atoms with Crippen molar-refractivity contribution in [1.82, 2.24) is 15.2 Å². The van der Waals surface area contributed by atoms with Crippen LogP contribution in [-0.2, 0) is 0 Å². The topological polar surface area (TPSA) is 38.7 Å². The van der Waals surface area contributed by atoms with Crippen LogP contribution in [0.1, 0.15) is 0 Å². The highest BCUT2D eigenvalue weighted by Gasteiger charge is 2.03. The van der Waals surface area contributed by atoms with Crippen LogP contribution in [0.25, 0.3) is 10.8 Å². The van der Waals surface area contributed by atoms with Gasteiger partial charge in [0.15, 0.2) is 5.15 Å². The van der Waals surface area contributed by atoms with Gasteiger partial charge < -0.3 is 0 Å². The molecule has 0 saturated carbocycles. The van der Waals surface area contributed by atoms with Gasteiger partial charge >= 0.3 is 0 Å². The van der Waals surface area contributed by atoms with E-state index in [0.717, 1.165) is 14.5 Å². The number of aromatic nitrogens is 3. The van der Waals surface area contributed by atoms with Crippen molar-refractivity contribution in [2.75, 3.05) is 0 Å². The maximum Gasteiger partial charge on any atom is 0.161 e. The summed E-state index contributed by atoms with van der Waals surface area (Å²) in [5, 5.41) is 9.90. The maximum atomic E-state index is 5.81. The summed E-state index contributed by atoms with van der Waals surface area (Å²) in [4.78, 5) is 3.96. The molecule has 0 fully saturated rings. The molecular formula is C7H3ClIN3. The van der Waals surface area contributed by atoms with E-state index in [0.29, 0.717) is 5.15 Å². The van der Waals surface area contributed by atoms with Crippen LogP contribution in [0.3, 0.4) is 0 Å². The zero-order valence-electron chi connectivity index (χ0n) is 5.83. The number of nitrogens with zero attached hydrogens (tertiary/aromatic N) is 3. The minimum absolute atomic E-state index is 0.401. The molecule has 0 bridgehead atoms. The first-order valence-electron chi connectivity index (χ1n) is 3.20. The molecule has 0 aromatic carbocycles. The van der Waals surface area contributed by atoms with Gasteiger partial charge in [-0.05, 0) is 28.7 Å². The molecule has 0 unspecified atom stereocenters. The maximum absolute atomic E-state index is 5.81. The average molecular weight is 291 g/mol. The van der Waals surface area contributed by atoms with Gasteiger partial charge in [0.05, 0.1) is 0 Å². The molecule has 0 aliphatic carbocycles. The lowest BCUT2D eigenvalue weighted by molar-refractivity contribution is 1.02. The largest absolute Gasteiger partial charge is 0.264 e. The molecule has 3 nitrogen and oxygen atoms in total. The lowest BCUT2D eigenvalue weighted by atomic mass is 10.3. The Morgan fingerprint density at radius 3 is 2.83 bits per heavy atom. The summed E-state index contributed by atoms with van der Waals surface area (Å²) >= 11 is 7.93. The van der Waals surface area contributed by atoms with E-state index in [2.05, 4.69) is 37.8 Å². The second-order valence-corrected chi connectivity index (χ2v) is 3.58. The molecule has 0 aliphatic rings. The molecule has 2 aromatic heterocycles. The van der Waals surface area contributed by atoms with E-state index in [1.54, 1.807) is 12.4 Å². The molecule has 2 rings (SSSR count). The molecule has 12 heavy (non-hydrogen) atoms. The Balaban J connectivity index is 2.95. The molecule has 5 heteroatoms. The summed E-state index contributed by atoms with van der Waals surface area (Å²) in [6.45, 7) is 0. The molecule has 60 valence electrons. The second kappa shape index (κ2) is 3.10. The van der Waals surface area contributed by atoms with Crippen molar-refractivity contribution in [2.24, 2.45) is 0 Å². The number of hydrogen-bond donors (Lipinski definition) is 0. The van der Waals surface area contributed by atoms with Gasteiger partial charge in [-0.2, -0.15) is 0 Å². The van der Waals surface area contributed by atoms with Crippen LogP contribution in [0.15, 0.2) is 18.5 Å². The van der Waals surface area contributed by atoms with Gasteiger partial charge in [0.2, 0.25) is 0 Å². The summed E-state index contributed by atoms with van der Waals surface area (Å²) in [6, 6.07) is 1.87. The Bertz CT molecular complexity index is 391. The van der Waals surface area contributed by atoms with Crippen LogP contribution in [0.4, 0.5) is 0 Å². The van der Waals surface area contributed by atoms with Crippen LogP contribution in [0.2, 0.25) is 5.15 Å². The smallest absolute Gasteiger partial charge is 0.161 e. The van der Waals surface area contributed by atoms with E-state index >= 15 is 0 Å². The molecule has 2 aromatic rings. The summed E-state index contributed by atoms with van der Waals surface area (Å²) in [5.74, 6) is 0. The van der Waals surface area contributed by atoms with Gasteiger partial charge in [-0.1, -0.05) is 11.6 Å². The molecule has 0 radical (unpaired) electrons. The third-order valence-corrected chi connectivity index (χ3v) is 2.57. The Morgan fingerprint density at radius 1 is 1.25 bits per heavy atom. The molecular weight excluding hydrogens is 288 g/mol. The van der Waals surface area contributed by atoms with Crippen LogP contribution in [0.5, 0.6) is 0 Å². The first-order chi connectivity index (χ1) is 5.79. The van der Waals surface area contributed by atoms with E-state index in [9.17, 15) is 0 Å². The predicted molar refractivity (Wildman–Crippen MR) is 55.1 cm³/mol. The summed E-state index contributed by atoms with van der Waals surface area (Å²) < 4.78 is 0.842. The standard InChI is InChI=1S/C7H3ClIN3/c8-6-5-3-10-2-1-4(5)7(9)12-11-6/h1-3H. The number of fused-ring (bicyclic) bond motifs is 1. The van der Waals surface area contributed by atoms with Crippen molar-refractivity contribution in [1.29, 1.82) is 0 Å². The number of pyridine rings is 1. The molecule has 0 aliphatic heterocycles. The van der Waals surface area contributed by atoms with E-state index in [4.69, 9.17) is 11.6 Å². The van der Waals surface area contributed by atoms with Gasteiger partial charge in [0.1, 0.15) is 3.70 Å². The Labute approximate surface area is 87.3 Å². The van der Waals surface area contributed by atoms with Gasteiger partial charge in [0, 0.05) is 23.2 Å². The van der Waals surface area contributed by atoms with Gasteiger partial charge in [-0.3, -0.25) is 4.98 Å². The van der Waals surface area contributed by atoms with Crippen molar-refractivity contribution in [3.8, 4) is 0 Å². The van der Waals surface area contributed by atoms with Crippen LogP contribution < -0.4 is 0 Å². The van der Waals surface area contributed by atoms with Crippen LogP contribution in [0, 0.1) is 3.70 Å². The van der Waals surface area contributed by atoms with E-state index in [-0.39, 0.29) is 0 Å². The van der Waals surface area contributed by atoms with E-state index in [1.807, 2.05) is 6.07 Å². The van der Waals surface area contributed by atoms with Gasteiger partial charge in [-0.15, -0.1) is 10.2 Å². The number of hydrogen-bond acceptors (Lipinski definition) is 3. The fourth-order valence-electron chi connectivity index (χ4n) is 0.934.